The summed E-state index contributed by atoms with van der Waals surface area (Å²) < 4.78 is 47.9. The lowest BCUT2D eigenvalue weighted by Crippen LogP contribution is -2.06. The molecule has 120 valence electrons. The van der Waals surface area contributed by atoms with Crippen molar-refractivity contribution in [2.75, 3.05) is 12.2 Å². The minimum Gasteiger partial charge on any atom is -0.454 e. The van der Waals surface area contributed by atoms with Gasteiger partial charge in [-0.05, 0) is 29.8 Å². The monoisotopic (exact) mass is 343 g/mol. The Morgan fingerprint density at radius 2 is 2.00 bits per heavy atom. The van der Waals surface area contributed by atoms with Crippen molar-refractivity contribution in [3.8, 4) is 11.5 Å². The Bertz CT molecular complexity index is 765. The summed E-state index contributed by atoms with van der Waals surface area (Å²) in [6.07, 6.45) is -2.35. The number of aromatic nitrogens is 1. The van der Waals surface area contributed by atoms with E-state index in [-0.39, 0.29) is 17.6 Å². The molecule has 0 aliphatic carbocycles. The third kappa shape index (κ3) is 3.48. The van der Waals surface area contributed by atoms with Gasteiger partial charge in [0.15, 0.2) is 17.3 Å². The van der Waals surface area contributed by atoms with Gasteiger partial charge in [0.1, 0.15) is 0 Å². The van der Waals surface area contributed by atoms with Gasteiger partial charge in [0, 0.05) is 6.20 Å². The molecule has 9 heteroatoms. The van der Waals surface area contributed by atoms with Crippen LogP contribution in [0.3, 0.4) is 0 Å². The first-order chi connectivity index (χ1) is 10.9. The van der Waals surface area contributed by atoms with Gasteiger partial charge in [-0.25, -0.2) is 4.98 Å². The number of rotatable bonds is 3. The smallest absolute Gasteiger partial charge is 0.417 e. The highest BCUT2D eigenvalue weighted by molar-refractivity contribution is 6.32. The van der Waals surface area contributed by atoms with Crippen LogP contribution in [0.1, 0.15) is 11.1 Å². The van der Waals surface area contributed by atoms with E-state index in [0.29, 0.717) is 23.3 Å². The van der Waals surface area contributed by atoms with Crippen molar-refractivity contribution in [2.24, 2.45) is 5.10 Å². The van der Waals surface area contributed by atoms with Crippen molar-refractivity contribution in [2.45, 2.75) is 6.18 Å². The molecule has 2 aromatic rings. The molecule has 1 aromatic carbocycles. The molecule has 1 aliphatic rings. The minimum absolute atomic E-state index is 0.0247. The van der Waals surface area contributed by atoms with Gasteiger partial charge in [-0.2, -0.15) is 18.3 Å². The summed E-state index contributed by atoms with van der Waals surface area (Å²) in [6, 6.07) is 5.98. The number of halogens is 4. The molecule has 3 rings (SSSR count). The normalized spacial score (nSPS) is 13.6. The van der Waals surface area contributed by atoms with Crippen LogP contribution in [-0.4, -0.2) is 18.0 Å². The maximum absolute atomic E-state index is 12.5. The zero-order valence-corrected chi connectivity index (χ0v) is 12.1. The van der Waals surface area contributed by atoms with Crippen molar-refractivity contribution < 1.29 is 22.6 Å². The van der Waals surface area contributed by atoms with Crippen LogP contribution in [0.4, 0.5) is 19.0 Å². The van der Waals surface area contributed by atoms with Gasteiger partial charge in [-0.3, -0.25) is 5.43 Å². The first-order valence-electron chi connectivity index (χ1n) is 6.35. The number of anilines is 1. The van der Waals surface area contributed by atoms with E-state index in [0.717, 1.165) is 6.07 Å². The van der Waals surface area contributed by atoms with Crippen molar-refractivity contribution in [3.63, 3.8) is 0 Å². The number of pyridine rings is 1. The number of alkyl halides is 3. The standard InChI is InChI=1S/C14H9ClF3N3O2/c15-10-4-9(14(16,17)18)6-19-13(10)21-20-5-8-1-2-11-12(3-8)23-7-22-11/h1-6H,7H2,(H,19,21)/b20-5+. The topological polar surface area (TPSA) is 55.7 Å². The Labute approximate surface area is 133 Å². The maximum atomic E-state index is 12.5. The zero-order valence-electron chi connectivity index (χ0n) is 11.4. The van der Waals surface area contributed by atoms with Crippen molar-refractivity contribution >= 4 is 23.6 Å². The van der Waals surface area contributed by atoms with E-state index >= 15 is 0 Å². The molecule has 0 radical (unpaired) electrons. The molecule has 5 nitrogen and oxygen atoms in total. The van der Waals surface area contributed by atoms with E-state index in [1.54, 1.807) is 18.2 Å². The molecule has 0 bridgehead atoms. The molecule has 0 saturated heterocycles. The predicted octanol–water partition coefficient (Wildman–Crippen LogP) is 3.93. The molecule has 23 heavy (non-hydrogen) atoms. The number of hydrazone groups is 1. The Hall–Kier alpha value is -2.48. The van der Waals surface area contributed by atoms with Crippen LogP contribution < -0.4 is 14.9 Å². The SMILES string of the molecule is FC(F)(F)c1cnc(N/N=C/c2ccc3c(c2)OCO3)c(Cl)c1. The van der Waals surface area contributed by atoms with Gasteiger partial charge in [0.2, 0.25) is 6.79 Å². The first-order valence-corrected chi connectivity index (χ1v) is 6.73. The summed E-state index contributed by atoms with van der Waals surface area (Å²) in [7, 11) is 0. The summed E-state index contributed by atoms with van der Waals surface area (Å²) in [5.74, 6) is 1.26. The van der Waals surface area contributed by atoms with E-state index in [1.807, 2.05) is 0 Å². The second kappa shape index (κ2) is 5.96. The van der Waals surface area contributed by atoms with Gasteiger partial charge >= 0.3 is 6.18 Å². The Morgan fingerprint density at radius 1 is 1.22 bits per heavy atom. The molecular weight excluding hydrogens is 335 g/mol. The molecule has 0 amide bonds. The van der Waals surface area contributed by atoms with Crippen LogP contribution >= 0.6 is 11.6 Å². The Balaban J connectivity index is 1.70. The number of fused-ring (bicyclic) bond motifs is 1. The van der Waals surface area contributed by atoms with Gasteiger partial charge < -0.3 is 9.47 Å². The van der Waals surface area contributed by atoms with Crippen molar-refractivity contribution in [1.29, 1.82) is 0 Å². The lowest BCUT2D eigenvalue weighted by Gasteiger charge is -2.08. The number of nitrogens with zero attached hydrogens (tertiary/aromatic N) is 2. The Kier molecular flexibility index (Phi) is 3.99. The quantitative estimate of drug-likeness (QED) is 0.677. The van der Waals surface area contributed by atoms with Crippen LogP contribution in [-0.2, 0) is 6.18 Å². The first kappa shape index (κ1) is 15.4. The number of hydrogen-bond acceptors (Lipinski definition) is 5. The Morgan fingerprint density at radius 3 is 2.74 bits per heavy atom. The third-order valence-corrected chi connectivity index (χ3v) is 3.24. The summed E-state index contributed by atoms with van der Waals surface area (Å²) in [5.41, 5.74) is 2.28. The molecule has 0 saturated carbocycles. The van der Waals surface area contributed by atoms with Crippen molar-refractivity contribution in [1.82, 2.24) is 4.98 Å². The van der Waals surface area contributed by atoms with Gasteiger partial charge in [0.25, 0.3) is 0 Å². The van der Waals surface area contributed by atoms with E-state index in [9.17, 15) is 13.2 Å². The molecule has 0 spiro atoms. The van der Waals surface area contributed by atoms with Gasteiger partial charge in [0.05, 0.1) is 16.8 Å². The summed E-state index contributed by atoms with van der Waals surface area (Å²) in [4.78, 5) is 3.61. The summed E-state index contributed by atoms with van der Waals surface area (Å²) >= 11 is 5.76. The van der Waals surface area contributed by atoms with Gasteiger partial charge in [-0.1, -0.05) is 11.6 Å². The summed E-state index contributed by atoms with van der Waals surface area (Å²) in [6.45, 7) is 0.166. The molecule has 0 atom stereocenters. The molecule has 1 aliphatic heterocycles. The van der Waals surface area contributed by atoms with Crippen molar-refractivity contribution in [3.05, 3.63) is 46.6 Å². The van der Waals surface area contributed by atoms with E-state index in [1.165, 1.54) is 6.21 Å². The molecule has 2 heterocycles. The fourth-order valence-corrected chi connectivity index (χ4v) is 2.05. The second-order valence-electron chi connectivity index (χ2n) is 4.53. The summed E-state index contributed by atoms with van der Waals surface area (Å²) in [5, 5.41) is 3.71. The fourth-order valence-electron chi connectivity index (χ4n) is 1.84. The van der Waals surface area contributed by atoms with Gasteiger partial charge in [-0.15, -0.1) is 0 Å². The predicted molar refractivity (Wildman–Crippen MR) is 78.0 cm³/mol. The van der Waals surface area contributed by atoms with Crippen LogP contribution in [0.15, 0.2) is 35.6 Å². The third-order valence-electron chi connectivity index (χ3n) is 2.95. The number of benzene rings is 1. The molecule has 0 unspecified atom stereocenters. The van der Waals surface area contributed by atoms with E-state index in [4.69, 9.17) is 21.1 Å². The fraction of sp³-hybridized carbons (Fsp3) is 0.143. The second-order valence-corrected chi connectivity index (χ2v) is 4.94. The molecule has 0 fully saturated rings. The highest BCUT2D eigenvalue weighted by Crippen LogP contribution is 2.33. The average molecular weight is 344 g/mol. The number of hydrogen-bond donors (Lipinski definition) is 1. The van der Waals surface area contributed by atoms with E-state index in [2.05, 4.69) is 15.5 Å². The van der Waals surface area contributed by atoms with Crippen LogP contribution in [0.5, 0.6) is 11.5 Å². The molecule has 1 aromatic heterocycles. The highest BCUT2D eigenvalue weighted by Gasteiger charge is 2.31. The van der Waals surface area contributed by atoms with Crippen LogP contribution in [0.25, 0.3) is 0 Å². The van der Waals surface area contributed by atoms with E-state index < -0.39 is 11.7 Å². The molecule has 1 N–H and O–H groups in total. The largest absolute Gasteiger partial charge is 0.454 e. The zero-order chi connectivity index (χ0) is 16.4. The number of ether oxygens (including phenoxy) is 2. The van der Waals surface area contributed by atoms with Crippen LogP contribution in [0.2, 0.25) is 5.02 Å². The maximum Gasteiger partial charge on any atom is 0.417 e. The lowest BCUT2D eigenvalue weighted by molar-refractivity contribution is -0.137. The van der Waals surface area contributed by atoms with Crippen LogP contribution in [0, 0.1) is 0 Å². The highest BCUT2D eigenvalue weighted by atomic mass is 35.5. The average Bonchev–Trinajstić information content (AvgIpc) is 2.95. The number of nitrogens with one attached hydrogen (secondary N) is 1. The molecular formula is C14H9ClF3N3O2. The minimum atomic E-state index is -4.50. The lowest BCUT2D eigenvalue weighted by atomic mass is 10.2.